The van der Waals surface area contributed by atoms with Gasteiger partial charge in [0.1, 0.15) is 6.61 Å². The normalized spacial score (nSPS) is 14.1. The molecule has 0 heterocycles. The number of hydrogen-bond donors (Lipinski definition) is 0. The molecule has 1 atom stereocenters. The molecule has 0 amide bonds. The van der Waals surface area contributed by atoms with Gasteiger partial charge in [-0.3, -0.25) is 4.79 Å². The van der Waals surface area contributed by atoms with Gasteiger partial charge in [-0.15, -0.1) is 0 Å². The van der Waals surface area contributed by atoms with Crippen LogP contribution in [0.3, 0.4) is 0 Å². The molecule has 2 nitrogen and oxygen atoms in total. The first-order valence-electron chi connectivity index (χ1n) is 9.77. The second-order valence-electron chi connectivity index (χ2n) is 7.62. The van der Waals surface area contributed by atoms with Gasteiger partial charge in [-0.25, -0.2) is 0 Å². The fourth-order valence-corrected chi connectivity index (χ4v) is 2.61. The predicted octanol–water partition coefficient (Wildman–Crippen LogP) is 6.86. The summed E-state index contributed by atoms with van der Waals surface area (Å²) in [6.45, 7) is 13.2. The van der Waals surface area contributed by atoms with Crippen molar-refractivity contribution < 1.29 is 9.53 Å². The standard InChI is InChI=1S/C22H40O2/c1-18(2)21(5)15-10-8-7-9-12-19(3)13-11-14-20(4)16-17-24-22(6)23/h13,16,18,21H,7-12,14-15,17H2,1-6H3/b19-13+,20-16+. The molecule has 0 aromatic carbocycles. The molecule has 0 radical (unpaired) electrons. The third-order valence-electron chi connectivity index (χ3n) is 4.87. The molecule has 2 heteroatoms. The van der Waals surface area contributed by atoms with E-state index in [1.807, 2.05) is 6.08 Å². The van der Waals surface area contributed by atoms with Crippen LogP contribution in [0.4, 0.5) is 0 Å². The monoisotopic (exact) mass is 336 g/mol. The van der Waals surface area contributed by atoms with Crippen LogP contribution < -0.4 is 0 Å². The van der Waals surface area contributed by atoms with Gasteiger partial charge in [0, 0.05) is 6.92 Å². The van der Waals surface area contributed by atoms with E-state index in [1.165, 1.54) is 56.6 Å². The SMILES string of the molecule is CC(=O)OC/C=C(\C)CC/C=C(\C)CCCCCCC(C)C(C)C. The van der Waals surface area contributed by atoms with Gasteiger partial charge in [0.05, 0.1) is 0 Å². The Balaban J connectivity index is 3.68. The third-order valence-corrected chi connectivity index (χ3v) is 4.87. The molecule has 0 bridgehead atoms. The lowest BCUT2D eigenvalue weighted by Gasteiger charge is -2.14. The van der Waals surface area contributed by atoms with E-state index in [2.05, 4.69) is 40.7 Å². The van der Waals surface area contributed by atoms with Crippen LogP contribution in [0.15, 0.2) is 23.3 Å². The Morgan fingerprint density at radius 3 is 2.12 bits per heavy atom. The van der Waals surface area contributed by atoms with E-state index in [1.54, 1.807) is 0 Å². The molecular formula is C22H40O2. The Morgan fingerprint density at radius 2 is 1.50 bits per heavy atom. The van der Waals surface area contributed by atoms with Crippen molar-refractivity contribution in [3.05, 3.63) is 23.3 Å². The number of esters is 1. The zero-order chi connectivity index (χ0) is 18.4. The lowest BCUT2D eigenvalue weighted by Crippen LogP contribution is -2.03. The van der Waals surface area contributed by atoms with Gasteiger partial charge in [-0.2, -0.15) is 0 Å². The fraction of sp³-hybridized carbons (Fsp3) is 0.773. The molecule has 0 aliphatic rings. The van der Waals surface area contributed by atoms with Crippen LogP contribution in [-0.2, 0) is 9.53 Å². The van der Waals surface area contributed by atoms with Crippen molar-refractivity contribution in [2.45, 2.75) is 92.9 Å². The zero-order valence-electron chi connectivity index (χ0n) is 17.0. The maximum absolute atomic E-state index is 10.7. The number of rotatable bonds is 13. The quantitative estimate of drug-likeness (QED) is 0.209. The molecule has 0 aliphatic heterocycles. The lowest BCUT2D eigenvalue weighted by atomic mass is 9.92. The third kappa shape index (κ3) is 14.5. The number of allylic oxidation sites excluding steroid dienone is 3. The molecule has 0 saturated carbocycles. The van der Waals surface area contributed by atoms with Gasteiger partial charge in [0.25, 0.3) is 0 Å². The van der Waals surface area contributed by atoms with Crippen LogP contribution in [0.25, 0.3) is 0 Å². The van der Waals surface area contributed by atoms with Crippen LogP contribution in [0.5, 0.6) is 0 Å². The van der Waals surface area contributed by atoms with E-state index in [9.17, 15) is 4.79 Å². The van der Waals surface area contributed by atoms with Crippen molar-refractivity contribution in [3.63, 3.8) is 0 Å². The van der Waals surface area contributed by atoms with Crippen molar-refractivity contribution in [3.8, 4) is 0 Å². The summed E-state index contributed by atoms with van der Waals surface area (Å²) in [6.07, 6.45) is 14.5. The molecule has 0 aliphatic carbocycles. The highest BCUT2D eigenvalue weighted by molar-refractivity contribution is 5.66. The molecule has 0 aromatic heterocycles. The predicted molar refractivity (Wildman–Crippen MR) is 105 cm³/mol. The highest BCUT2D eigenvalue weighted by Gasteiger charge is 2.05. The van der Waals surface area contributed by atoms with Crippen molar-refractivity contribution in [1.82, 2.24) is 0 Å². The van der Waals surface area contributed by atoms with Gasteiger partial charge < -0.3 is 4.74 Å². The number of unbranched alkanes of at least 4 members (excludes halogenated alkanes) is 3. The van der Waals surface area contributed by atoms with Gasteiger partial charge in [0.2, 0.25) is 0 Å². The largest absolute Gasteiger partial charge is 0.462 e. The summed E-state index contributed by atoms with van der Waals surface area (Å²) in [7, 11) is 0. The molecule has 0 fully saturated rings. The van der Waals surface area contributed by atoms with E-state index in [4.69, 9.17) is 4.74 Å². The summed E-state index contributed by atoms with van der Waals surface area (Å²) < 4.78 is 4.92. The van der Waals surface area contributed by atoms with E-state index < -0.39 is 0 Å². The summed E-state index contributed by atoms with van der Waals surface area (Å²) in [5.74, 6) is 1.47. The minimum atomic E-state index is -0.214. The molecule has 0 rings (SSSR count). The van der Waals surface area contributed by atoms with E-state index >= 15 is 0 Å². The van der Waals surface area contributed by atoms with E-state index in [0.717, 1.165) is 24.7 Å². The Bertz CT molecular complexity index is 391. The molecule has 0 aromatic rings. The Labute approximate surface area is 150 Å². The summed E-state index contributed by atoms with van der Waals surface area (Å²) in [5.41, 5.74) is 2.80. The van der Waals surface area contributed by atoms with Crippen LogP contribution in [0.1, 0.15) is 92.9 Å². The lowest BCUT2D eigenvalue weighted by molar-refractivity contribution is -0.139. The molecule has 140 valence electrons. The first-order valence-corrected chi connectivity index (χ1v) is 9.77. The summed E-state index contributed by atoms with van der Waals surface area (Å²) in [4.78, 5) is 10.7. The number of ether oxygens (including phenoxy) is 1. The average Bonchev–Trinajstić information content (AvgIpc) is 2.49. The second-order valence-corrected chi connectivity index (χ2v) is 7.62. The topological polar surface area (TPSA) is 26.3 Å². The highest BCUT2D eigenvalue weighted by Crippen LogP contribution is 2.19. The first-order chi connectivity index (χ1) is 11.3. The van der Waals surface area contributed by atoms with Crippen molar-refractivity contribution in [2.75, 3.05) is 6.61 Å². The maximum Gasteiger partial charge on any atom is 0.302 e. The van der Waals surface area contributed by atoms with Crippen LogP contribution in [0, 0.1) is 11.8 Å². The van der Waals surface area contributed by atoms with Gasteiger partial charge >= 0.3 is 5.97 Å². The van der Waals surface area contributed by atoms with Gasteiger partial charge in [-0.05, 0) is 57.4 Å². The molecule has 0 saturated heterocycles. The first kappa shape index (κ1) is 22.9. The van der Waals surface area contributed by atoms with Crippen molar-refractivity contribution in [2.24, 2.45) is 11.8 Å². The molecule has 24 heavy (non-hydrogen) atoms. The van der Waals surface area contributed by atoms with E-state index in [-0.39, 0.29) is 5.97 Å². The Morgan fingerprint density at radius 1 is 0.875 bits per heavy atom. The van der Waals surface area contributed by atoms with E-state index in [0.29, 0.717) is 6.61 Å². The number of carbonyl (C=O) groups excluding carboxylic acids is 1. The van der Waals surface area contributed by atoms with Crippen molar-refractivity contribution >= 4 is 5.97 Å². The minimum Gasteiger partial charge on any atom is -0.462 e. The summed E-state index contributed by atoms with van der Waals surface area (Å²) in [5, 5.41) is 0. The second kappa shape index (κ2) is 14.3. The Hall–Kier alpha value is -1.05. The average molecular weight is 337 g/mol. The highest BCUT2D eigenvalue weighted by atomic mass is 16.5. The summed E-state index contributed by atoms with van der Waals surface area (Å²) in [6, 6.07) is 0. The minimum absolute atomic E-state index is 0.214. The summed E-state index contributed by atoms with van der Waals surface area (Å²) >= 11 is 0. The van der Waals surface area contributed by atoms with Crippen LogP contribution in [-0.4, -0.2) is 12.6 Å². The van der Waals surface area contributed by atoms with Crippen LogP contribution >= 0.6 is 0 Å². The molecule has 0 spiro atoms. The molecule has 0 N–H and O–H groups in total. The Kier molecular flexibility index (Phi) is 13.7. The zero-order valence-corrected chi connectivity index (χ0v) is 17.0. The molecular weight excluding hydrogens is 296 g/mol. The van der Waals surface area contributed by atoms with Crippen LogP contribution in [0.2, 0.25) is 0 Å². The number of hydrogen-bond acceptors (Lipinski definition) is 2. The number of carbonyl (C=O) groups is 1. The fourth-order valence-electron chi connectivity index (χ4n) is 2.61. The molecule has 1 unspecified atom stereocenters. The van der Waals surface area contributed by atoms with Gasteiger partial charge in [0.15, 0.2) is 0 Å². The smallest absolute Gasteiger partial charge is 0.302 e. The van der Waals surface area contributed by atoms with Gasteiger partial charge in [-0.1, -0.05) is 63.7 Å². The maximum atomic E-state index is 10.7. The van der Waals surface area contributed by atoms with Crippen molar-refractivity contribution in [1.29, 1.82) is 0 Å².